The fraction of sp³-hybridized carbons (Fsp3) is 0.818. The van der Waals surface area contributed by atoms with Crippen LogP contribution in [0.3, 0.4) is 0 Å². The fourth-order valence-electron chi connectivity index (χ4n) is 2.20. The van der Waals surface area contributed by atoms with Gasteiger partial charge >= 0.3 is 5.97 Å². The van der Waals surface area contributed by atoms with Gasteiger partial charge in [-0.2, -0.15) is 0 Å². The molecule has 14 heavy (non-hydrogen) atoms. The molecule has 0 saturated heterocycles. The van der Waals surface area contributed by atoms with Crippen molar-refractivity contribution in [2.45, 2.75) is 39.5 Å². The summed E-state index contributed by atoms with van der Waals surface area (Å²) < 4.78 is 0. The van der Waals surface area contributed by atoms with Gasteiger partial charge in [0.1, 0.15) is 11.7 Å². The Balaban J connectivity index is 2.67. The van der Waals surface area contributed by atoms with Gasteiger partial charge < -0.3 is 5.11 Å². The van der Waals surface area contributed by atoms with Crippen LogP contribution in [0.5, 0.6) is 0 Å². The van der Waals surface area contributed by atoms with E-state index in [9.17, 15) is 9.59 Å². The van der Waals surface area contributed by atoms with E-state index in [1.165, 1.54) is 0 Å². The average molecular weight is 198 g/mol. The van der Waals surface area contributed by atoms with E-state index in [0.29, 0.717) is 0 Å². The Morgan fingerprint density at radius 1 is 1.21 bits per heavy atom. The van der Waals surface area contributed by atoms with Gasteiger partial charge in [-0.25, -0.2) is 0 Å². The summed E-state index contributed by atoms with van der Waals surface area (Å²) in [5, 5.41) is 8.95. The maximum Gasteiger partial charge on any atom is 0.314 e. The largest absolute Gasteiger partial charge is 0.481 e. The van der Waals surface area contributed by atoms with E-state index in [1.807, 2.05) is 0 Å². The lowest BCUT2D eigenvalue weighted by atomic mass is 9.84. The minimum Gasteiger partial charge on any atom is -0.481 e. The summed E-state index contributed by atoms with van der Waals surface area (Å²) in [6.45, 7) is 3.59. The molecule has 1 rings (SSSR count). The SMILES string of the molecule is CC(C)C(C(=O)O)C(=O)C1CCCC1. The number of carbonyl (C=O) groups excluding carboxylic acids is 1. The van der Waals surface area contributed by atoms with Crippen molar-refractivity contribution < 1.29 is 14.7 Å². The zero-order valence-corrected chi connectivity index (χ0v) is 8.82. The molecule has 0 amide bonds. The zero-order chi connectivity index (χ0) is 10.7. The highest BCUT2D eigenvalue weighted by Crippen LogP contribution is 2.30. The molecule has 0 aromatic heterocycles. The lowest BCUT2D eigenvalue weighted by molar-refractivity contribution is -0.149. The van der Waals surface area contributed by atoms with Crippen molar-refractivity contribution >= 4 is 11.8 Å². The third-order valence-electron chi connectivity index (χ3n) is 3.00. The Labute approximate surface area is 84.5 Å². The summed E-state index contributed by atoms with van der Waals surface area (Å²) in [5.41, 5.74) is 0. The quantitative estimate of drug-likeness (QED) is 0.704. The molecular formula is C11H18O3. The van der Waals surface area contributed by atoms with Crippen LogP contribution in [0.1, 0.15) is 39.5 Å². The Morgan fingerprint density at radius 2 is 1.71 bits per heavy atom. The first-order valence-corrected chi connectivity index (χ1v) is 5.30. The Kier molecular flexibility index (Phi) is 3.67. The molecule has 3 nitrogen and oxygen atoms in total. The first-order valence-electron chi connectivity index (χ1n) is 5.30. The monoisotopic (exact) mass is 198 g/mol. The van der Waals surface area contributed by atoms with Crippen molar-refractivity contribution in [3.05, 3.63) is 0 Å². The maximum atomic E-state index is 11.8. The highest BCUT2D eigenvalue weighted by molar-refractivity contribution is 5.99. The predicted octanol–water partition coefficient (Wildman–Crippen LogP) is 2.10. The van der Waals surface area contributed by atoms with Crippen LogP contribution < -0.4 is 0 Å². The summed E-state index contributed by atoms with van der Waals surface area (Å²) in [6.07, 6.45) is 3.91. The minimum atomic E-state index is -0.961. The van der Waals surface area contributed by atoms with E-state index >= 15 is 0 Å². The number of carbonyl (C=O) groups is 2. The van der Waals surface area contributed by atoms with Crippen molar-refractivity contribution in [3.8, 4) is 0 Å². The topological polar surface area (TPSA) is 54.4 Å². The third kappa shape index (κ3) is 2.34. The third-order valence-corrected chi connectivity index (χ3v) is 3.00. The molecule has 1 atom stereocenters. The van der Waals surface area contributed by atoms with Crippen molar-refractivity contribution in [1.29, 1.82) is 0 Å². The van der Waals surface area contributed by atoms with Gasteiger partial charge in [0.05, 0.1) is 0 Å². The second kappa shape index (κ2) is 4.58. The molecule has 0 aromatic carbocycles. The van der Waals surface area contributed by atoms with Crippen LogP contribution in [0.2, 0.25) is 0 Å². The zero-order valence-electron chi connectivity index (χ0n) is 8.82. The lowest BCUT2D eigenvalue weighted by Gasteiger charge is -2.18. The highest BCUT2D eigenvalue weighted by atomic mass is 16.4. The number of rotatable bonds is 4. The number of Topliss-reactive ketones (excluding diaryl/α,β-unsaturated/α-hetero) is 1. The maximum absolute atomic E-state index is 11.8. The van der Waals surface area contributed by atoms with E-state index < -0.39 is 11.9 Å². The molecule has 1 saturated carbocycles. The fourth-order valence-corrected chi connectivity index (χ4v) is 2.20. The normalized spacial score (nSPS) is 19.9. The lowest BCUT2D eigenvalue weighted by Crippen LogP contribution is -2.32. The Bertz CT molecular complexity index is 227. The Hall–Kier alpha value is -0.860. The van der Waals surface area contributed by atoms with E-state index in [2.05, 4.69) is 0 Å². The first kappa shape index (κ1) is 11.2. The Morgan fingerprint density at radius 3 is 2.07 bits per heavy atom. The molecule has 0 aromatic rings. The molecule has 3 heteroatoms. The van der Waals surface area contributed by atoms with Gasteiger partial charge in [-0.15, -0.1) is 0 Å². The minimum absolute atomic E-state index is 0.0125. The second-order valence-electron chi connectivity index (χ2n) is 4.44. The summed E-state index contributed by atoms with van der Waals surface area (Å²) in [6, 6.07) is 0. The van der Waals surface area contributed by atoms with Crippen molar-refractivity contribution in [1.82, 2.24) is 0 Å². The predicted molar refractivity (Wildman–Crippen MR) is 52.9 cm³/mol. The summed E-state index contributed by atoms with van der Waals surface area (Å²) in [7, 11) is 0. The number of carboxylic acids is 1. The number of carboxylic acid groups (broad SMARTS) is 1. The van der Waals surface area contributed by atoms with Crippen LogP contribution >= 0.6 is 0 Å². The molecule has 1 fully saturated rings. The van der Waals surface area contributed by atoms with E-state index in [0.717, 1.165) is 25.7 Å². The van der Waals surface area contributed by atoms with Crippen molar-refractivity contribution in [3.63, 3.8) is 0 Å². The van der Waals surface area contributed by atoms with E-state index in [4.69, 9.17) is 5.11 Å². The van der Waals surface area contributed by atoms with Crippen LogP contribution in [0.15, 0.2) is 0 Å². The van der Waals surface area contributed by atoms with E-state index in [1.54, 1.807) is 13.8 Å². The van der Waals surface area contributed by atoms with Crippen molar-refractivity contribution in [2.75, 3.05) is 0 Å². The van der Waals surface area contributed by atoms with Crippen LogP contribution in [0.4, 0.5) is 0 Å². The summed E-state index contributed by atoms with van der Waals surface area (Å²) in [4.78, 5) is 22.8. The van der Waals surface area contributed by atoms with Crippen LogP contribution in [0, 0.1) is 17.8 Å². The van der Waals surface area contributed by atoms with Gasteiger partial charge in [0.25, 0.3) is 0 Å². The molecule has 1 unspecified atom stereocenters. The van der Waals surface area contributed by atoms with Gasteiger partial charge in [-0.05, 0) is 18.8 Å². The van der Waals surface area contributed by atoms with E-state index in [-0.39, 0.29) is 17.6 Å². The molecular weight excluding hydrogens is 180 g/mol. The van der Waals surface area contributed by atoms with Crippen LogP contribution in [-0.4, -0.2) is 16.9 Å². The van der Waals surface area contributed by atoms with Gasteiger partial charge in [-0.1, -0.05) is 26.7 Å². The van der Waals surface area contributed by atoms with Gasteiger partial charge in [0.15, 0.2) is 0 Å². The molecule has 80 valence electrons. The number of ketones is 1. The number of hydrogen-bond acceptors (Lipinski definition) is 2. The number of hydrogen-bond donors (Lipinski definition) is 1. The van der Waals surface area contributed by atoms with Gasteiger partial charge in [-0.3, -0.25) is 9.59 Å². The van der Waals surface area contributed by atoms with Gasteiger partial charge in [0, 0.05) is 5.92 Å². The first-order chi connectivity index (χ1) is 6.54. The molecule has 0 spiro atoms. The molecule has 0 heterocycles. The van der Waals surface area contributed by atoms with Gasteiger partial charge in [0.2, 0.25) is 0 Å². The molecule has 0 aliphatic heterocycles. The summed E-state index contributed by atoms with van der Waals surface area (Å²) >= 11 is 0. The average Bonchev–Trinajstić information content (AvgIpc) is 2.53. The molecule has 1 aliphatic carbocycles. The van der Waals surface area contributed by atoms with Crippen LogP contribution in [0.25, 0.3) is 0 Å². The molecule has 1 aliphatic rings. The smallest absolute Gasteiger partial charge is 0.314 e. The molecule has 0 radical (unpaired) electrons. The highest BCUT2D eigenvalue weighted by Gasteiger charge is 2.35. The van der Waals surface area contributed by atoms with Crippen molar-refractivity contribution in [2.24, 2.45) is 17.8 Å². The second-order valence-corrected chi connectivity index (χ2v) is 4.44. The molecule has 0 bridgehead atoms. The molecule has 1 N–H and O–H groups in total. The van der Waals surface area contributed by atoms with Crippen LogP contribution in [-0.2, 0) is 9.59 Å². The standard InChI is InChI=1S/C11H18O3/c1-7(2)9(11(13)14)10(12)8-5-3-4-6-8/h7-9H,3-6H2,1-2H3,(H,13,14). The summed E-state index contributed by atoms with van der Waals surface area (Å²) in [5.74, 6) is -1.89. The number of aliphatic carboxylic acids is 1.